The van der Waals surface area contributed by atoms with Gasteiger partial charge in [0, 0.05) is 17.3 Å². The van der Waals surface area contributed by atoms with Gasteiger partial charge in [-0.1, -0.05) is 29.8 Å². The lowest BCUT2D eigenvalue weighted by atomic mass is 10.1. The Kier molecular flexibility index (Phi) is 4.39. The molecule has 2 atom stereocenters. The smallest absolute Gasteiger partial charge is 0.314 e. The van der Waals surface area contributed by atoms with Crippen LogP contribution in [0.1, 0.15) is 11.1 Å². The molecule has 0 bridgehead atoms. The van der Waals surface area contributed by atoms with Crippen molar-refractivity contribution in [3.63, 3.8) is 0 Å². The summed E-state index contributed by atoms with van der Waals surface area (Å²) in [7, 11) is -3.25. The molecule has 2 fully saturated rings. The molecule has 0 spiro atoms. The number of amides is 2. The molecule has 5 nitrogen and oxygen atoms in total. The van der Waals surface area contributed by atoms with Crippen molar-refractivity contribution in [3.8, 4) is 0 Å². The van der Waals surface area contributed by atoms with Gasteiger partial charge in [-0.25, -0.2) is 17.6 Å². The number of nitrogens with zero attached hydrogens (tertiary/aromatic N) is 2. The molecular formula is C19H18ClFN2O3S. The van der Waals surface area contributed by atoms with E-state index in [4.69, 9.17) is 11.6 Å². The molecule has 0 saturated carbocycles. The number of carbonyl (C=O) groups is 1. The van der Waals surface area contributed by atoms with Crippen LogP contribution in [0.5, 0.6) is 0 Å². The topological polar surface area (TPSA) is 57.7 Å². The van der Waals surface area contributed by atoms with Crippen molar-refractivity contribution < 1.29 is 17.6 Å². The van der Waals surface area contributed by atoms with Crippen molar-refractivity contribution in [2.24, 2.45) is 0 Å². The summed E-state index contributed by atoms with van der Waals surface area (Å²) in [6.07, 6.45) is 0. The Hall–Kier alpha value is -2.12. The van der Waals surface area contributed by atoms with E-state index in [-0.39, 0.29) is 29.9 Å². The maximum atomic E-state index is 13.2. The predicted molar refractivity (Wildman–Crippen MR) is 102 cm³/mol. The molecule has 0 aliphatic carbocycles. The molecule has 2 aromatic rings. The highest BCUT2D eigenvalue weighted by molar-refractivity contribution is 7.91. The third-order valence-electron chi connectivity index (χ3n) is 5.18. The van der Waals surface area contributed by atoms with E-state index in [1.54, 1.807) is 29.2 Å². The highest BCUT2D eigenvalue weighted by Crippen LogP contribution is 2.37. The van der Waals surface area contributed by atoms with Gasteiger partial charge in [0.25, 0.3) is 0 Å². The Morgan fingerprint density at radius 1 is 1.11 bits per heavy atom. The lowest BCUT2D eigenvalue weighted by molar-refractivity contribution is 0.206. The standard InChI is InChI=1S/C19H18ClFN2O3S/c1-12-2-7-15(8-16(12)20)23-18-11-27(25,26)10-17(18)22(19(23)24)9-13-3-5-14(21)6-4-13/h2-8,17-18H,9-11H2,1H3. The molecule has 0 radical (unpaired) electrons. The molecule has 2 aliphatic rings. The van der Waals surface area contributed by atoms with E-state index in [2.05, 4.69) is 0 Å². The molecule has 0 aromatic heterocycles. The molecule has 0 N–H and O–H groups in total. The second-order valence-corrected chi connectivity index (χ2v) is 9.61. The predicted octanol–water partition coefficient (Wildman–Crippen LogP) is 3.40. The Bertz CT molecular complexity index is 1010. The first kappa shape index (κ1) is 18.3. The summed E-state index contributed by atoms with van der Waals surface area (Å²) in [4.78, 5) is 16.2. The minimum absolute atomic E-state index is 0.0688. The largest absolute Gasteiger partial charge is 0.325 e. The Morgan fingerprint density at radius 2 is 1.78 bits per heavy atom. The zero-order valence-corrected chi connectivity index (χ0v) is 16.2. The van der Waals surface area contributed by atoms with E-state index in [0.717, 1.165) is 11.1 Å². The van der Waals surface area contributed by atoms with E-state index in [9.17, 15) is 17.6 Å². The van der Waals surface area contributed by atoms with Crippen molar-refractivity contribution in [2.45, 2.75) is 25.6 Å². The molecule has 2 aliphatic heterocycles. The number of carbonyl (C=O) groups excluding carboxylic acids is 1. The number of anilines is 1. The molecule has 2 heterocycles. The van der Waals surface area contributed by atoms with E-state index in [1.165, 1.54) is 17.0 Å². The van der Waals surface area contributed by atoms with Gasteiger partial charge in [0.05, 0.1) is 23.6 Å². The van der Waals surface area contributed by atoms with Crippen LogP contribution in [0.2, 0.25) is 5.02 Å². The van der Waals surface area contributed by atoms with Gasteiger partial charge in [-0.2, -0.15) is 0 Å². The number of urea groups is 1. The third-order valence-corrected chi connectivity index (χ3v) is 7.28. The molecule has 2 amide bonds. The van der Waals surface area contributed by atoms with Gasteiger partial charge >= 0.3 is 6.03 Å². The summed E-state index contributed by atoms with van der Waals surface area (Å²) in [5.41, 5.74) is 2.21. The number of sulfone groups is 1. The van der Waals surface area contributed by atoms with Gasteiger partial charge in [-0.3, -0.25) is 4.90 Å². The minimum atomic E-state index is -3.25. The fourth-order valence-electron chi connectivity index (χ4n) is 3.78. The number of hydrogen-bond donors (Lipinski definition) is 0. The first-order valence-electron chi connectivity index (χ1n) is 8.56. The average Bonchev–Trinajstić information content (AvgIpc) is 3.03. The maximum Gasteiger partial charge on any atom is 0.325 e. The minimum Gasteiger partial charge on any atom is -0.314 e. The maximum absolute atomic E-state index is 13.2. The van der Waals surface area contributed by atoms with Crippen molar-refractivity contribution in [2.75, 3.05) is 16.4 Å². The first-order valence-corrected chi connectivity index (χ1v) is 10.8. The summed E-state index contributed by atoms with van der Waals surface area (Å²) in [6.45, 7) is 2.09. The summed E-state index contributed by atoms with van der Waals surface area (Å²) < 4.78 is 37.7. The van der Waals surface area contributed by atoms with Crippen LogP contribution in [0.3, 0.4) is 0 Å². The fraction of sp³-hybridized carbons (Fsp3) is 0.316. The number of hydrogen-bond acceptors (Lipinski definition) is 3. The number of halogens is 2. The average molecular weight is 409 g/mol. The Morgan fingerprint density at radius 3 is 2.44 bits per heavy atom. The van der Waals surface area contributed by atoms with Crippen molar-refractivity contribution in [3.05, 3.63) is 64.4 Å². The van der Waals surface area contributed by atoms with Gasteiger partial charge in [0.2, 0.25) is 0 Å². The molecule has 2 unspecified atom stereocenters. The molecule has 142 valence electrons. The second kappa shape index (κ2) is 6.49. The number of rotatable bonds is 3. The summed E-state index contributed by atoms with van der Waals surface area (Å²) in [6, 6.07) is 10.00. The van der Waals surface area contributed by atoms with Crippen LogP contribution in [0.15, 0.2) is 42.5 Å². The lowest BCUT2D eigenvalue weighted by Gasteiger charge is -2.23. The lowest BCUT2D eigenvalue weighted by Crippen LogP contribution is -2.37. The van der Waals surface area contributed by atoms with Crippen molar-refractivity contribution in [1.82, 2.24) is 4.90 Å². The van der Waals surface area contributed by atoms with Gasteiger partial charge in [0.1, 0.15) is 5.82 Å². The highest BCUT2D eigenvalue weighted by atomic mass is 35.5. The number of benzene rings is 2. The summed E-state index contributed by atoms with van der Waals surface area (Å²) >= 11 is 6.21. The van der Waals surface area contributed by atoms with E-state index >= 15 is 0 Å². The molecule has 4 rings (SSSR count). The number of fused-ring (bicyclic) bond motifs is 1. The summed E-state index contributed by atoms with van der Waals surface area (Å²) in [5, 5.41) is 0.523. The second-order valence-electron chi connectivity index (χ2n) is 7.05. The van der Waals surface area contributed by atoms with Crippen LogP contribution < -0.4 is 4.90 Å². The SMILES string of the molecule is Cc1ccc(N2C(=O)N(Cc3ccc(F)cc3)C3CS(=O)(=O)CC32)cc1Cl. The molecule has 2 aromatic carbocycles. The Balaban J connectivity index is 1.71. The normalized spacial score (nSPS) is 23.7. The quantitative estimate of drug-likeness (QED) is 0.731. The Labute approximate surface area is 162 Å². The zero-order valence-electron chi connectivity index (χ0n) is 14.6. The summed E-state index contributed by atoms with van der Waals surface area (Å²) in [5.74, 6) is -0.501. The van der Waals surface area contributed by atoms with Crippen LogP contribution in [-0.4, -0.2) is 42.9 Å². The van der Waals surface area contributed by atoms with Crippen LogP contribution in [0, 0.1) is 12.7 Å². The molecule has 27 heavy (non-hydrogen) atoms. The van der Waals surface area contributed by atoms with Gasteiger partial charge < -0.3 is 4.90 Å². The molecular weight excluding hydrogens is 391 g/mol. The van der Waals surface area contributed by atoms with Crippen LogP contribution in [-0.2, 0) is 16.4 Å². The van der Waals surface area contributed by atoms with Crippen molar-refractivity contribution in [1.29, 1.82) is 0 Å². The van der Waals surface area contributed by atoms with Gasteiger partial charge in [-0.15, -0.1) is 0 Å². The molecule has 2 saturated heterocycles. The van der Waals surface area contributed by atoms with E-state index < -0.39 is 21.9 Å². The monoisotopic (exact) mass is 408 g/mol. The van der Waals surface area contributed by atoms with Crippen molar-refractivity contribution >= 4 is 33.2 Å². The fourth-order valence-corrected chi connectivity index (χ4v) is 5.91. The van der Waals surface area contributed by atoms with Crippen LogP contribution in [0.4, 0.5) is 14.9 Å². The van der Waals surface area contributed by atoms with E-state index in [1.807, 2.05) is 13.0 Å². The number of aryl methyl sites for hydroxylation is 1. The highest BCUT2D eigenvalue weighted by Gasteiger charge is 2.53. The zero-order chi connectivity index (χ0) is 19.3. The van der Waals surface area contributed by atoms with Crippen LogP contribution >= 0.6 is 11.6 Å². The first-order chi connectivity index (χ1) is 12.7. The van der Waals surface area contributed by atoms with E-state index in [0.29, 0.717) is 10.7 Å². The van der Waals surface area contributed by atoms with Gasteiger partial charge in [0.15, 0.2) is 9.84 Å². The van der Waals surface area contributed by atoms with Crippen LogP contribution in [0.25, 0.3) is 0 Å². The van der Waals surface area contributed by atoms with Gasteiger partial charge in [-0.05, 0) is 42.3 Å². The molecule has 8 heteroatoms. The third kappa shape index (κ3) is 3.30.